The fraction of sp³-hybridized carbons (Fsp3) is 0.375. The summed E-state index contributed by atoms with van der Waals surface area (Å²) in [5.74, 6) is 0. The molecule has 106 valence electrons. The van der Waals surface area contributed by atoms with Crippen molar-refractivity contribution in [2.24, 2.45) is 0 Å². The minimum absolute atomic E-state index is 0.805. The Hall–Kier alpha value is -0.840. The summed E-state index contributed by atoms with van der Waals surface area (Å²) < 4.78 is 1.12. The molecule has 1 aliphatic rings. The van der Waals surface area contributed by atoms with Crippen LogP contribution in [0.15, 0.2) is 45.6 Å². The van der Waals surface area contributed by atoms with E-state index in [0.29, 0.717) is 0 Å². The topological polar surface area (TPSA) is 15.3 Å². The lowest BCUT2D eigenvalue weighted by molar-refractivity contribution is 0.265. The van der Waals surface area contributed by atoms with Gasteiger partial charge >= 0.3 is 0 Å². The minimum atomic E-state index is 0.805. The average Bonchev–Trinajstić information content (AvgIpc) is 3.16. The van der Waals surface area contributed by atoms with E-state index < -0.39 is 0 Å². The third kappa shape index (κ3) is 4.08. The van der Waals surface area contributed by atoms with E-state index in [-0.39, 0.29) is 0 Å². The van der Waals surface area contributed by atoms with Crippen molar-refractivity contribution in [3.8, 4) is 0 Å². The Morgan fingerprint density at radius 3 is 2.90 bits per heavy atom. The van der Waals surface area contributed by atoms with Crippen LogP contribution in [0, 0.1) is 0 Å². The number of anilines is 1. The number of thiophene rings is 1. The van der Waals surface area contributed by atoms with Gasteiger partial charge in [-0.3, -0.25) is 4.90 Å². The van der Waals surface area contributed by atoms with Crippen LogP contribution in [-0.2, 0) is 6.54 Å². The van der Waals surface area contributed by atoms with E-state index in [9.17, 15) is 0 Å². The summed E-state index contributed by atoms with van der Waals surface area (Å²) in [6, 6.07) is 11.4. The number of nitrogens with one attached hydrogen (secondary N) is 1. The fourth-order valence-corrected chi connectivity index (χ4v) is 3.45. The first kappa shape index (κ1) is 14.1. The molecular formula is C16H19BrN2S. The van der Waals surface area contributed by atoms with Crippen molar-refractivity contribution in [3.05, 3.63) is 51.1 Å². The van der Waals surface area contributed by atoms with Crippen molar-refractivity contribution in [3.63, 3.8) is 0 Å². The molecule has 0 atom stereocenters. The molecule has 0 radical (unpaired) electrons. The summed E-state index contributed by atoms with van der Waals surface area (Å²) in [6.45, 7) is 3.19. The molecule has 1 heterocycles. The molecule has 2 nitrogen and oxygen atoms in total. The van der Waals surface area contributed by atoms with E-state index in [1.807, 2.05) is 0 Å². The summed E-state index contributed by atoms with van der Waals surface area (Å²) in [6.07, 6.45) is 2.72. The van der Waals surface area contributed by atoms with E-state index in [4.69, 9.17) is 0 Å². The predicted octanol–water partition coefficient (Wildman–Crippen LogP) is 4.59. The van der Waals surface area contributed by atoms with Crippen LogP contribution < -0.4 is 5.32 Å². The Balaban J connectivity index is 1.50. The number of rotatable bonds is 7. The second kappa shape index (κ2) is 6.74. The van der Waals surface area contributed by atoms with Gasteiger partial charge in [-0.15, -0.1) is 0 Å². The molecule has 0 amide bonds. The van der Waals surface area contributed by atoms with Crippen LogP contribution in [0.25, 0.3) is 0 Å². The average molecular weight is 351 g/mol. The minimum Gasteiger partial charge on any atom is -0.384 e. The Bertz CT molecular complexity index is 537. The van der Waals surface area contributed by atoms with Crippen LogP contribution in [0.3, 0.4) is 0 Å². The molecule has 0 saturated heterocycles. The number of hydrogen-bond donors (Lipinski definition) is 1. The molecule has 1 N–H and O–H groups in total. The van der Waals surface area contributed by atoms with Crippen LogP contribution in [0.1, 0.15) is 18.4 Å². The highest BCUT2D eigenvalue weighted by Crippen LogP contribution is 2.28. The SMILES string of the molecule is Brc1cccc(NCCN(Cc2ccsc2)C2CC2)c1. The van der Waals surface area contributed by atoms with Crippen LogP contribution in [0.5, 0.6) is 0 Å². The lowest BCUT2D eigenvalue weighted by Gasteiger charge is -2.22. The van der Waals surface area contributed by atoms with Crippen molar-refractivity contribution in [1.82, 2.24) is 4.90 Å². The number of halogens is 1. The Labute approximate surface area is 132 Å². The molecular weight excluding hydrogens is 332 g/mol. The van der Waals surface area contributed by atoms with Gasteiger partial charge in [0.25, 0.3) is 0 Å². The molecule has 1 aliphatic carbocycles. The third-order valence-corrected chi connectivity index (χ3v) is 4.81. The van der Waals surface area contributed by atoms with E-state index >= 15 is 0 Å². The Morgan fingerprint density at radius 1 is 1.30 bits per heavy atom. The highest BCUT2D eigenvalue weighted by atomic mass is 79.9. The van der Waals surface area contributed by atoms with E-state index in [2.05, 4.69) is 67.2 Å². The highest BCUT2D eigenvalue weighted by Gasteiger charge is 2.28. The largest absolute Gasteiger partial charge is 0.384 e. The van der Waals surface area contributed by atoms with Gasteiger partial charge in [0.15, 0.2) is 0 Å². The smallest absolute Gasteiger partial charge is 0.0351 e. The molecule has 0 unspecified atom stereocenters. The maximum Gasteiger partial charge on any atom is 0.0351 e. The van der Waals surface area contributed by atoms with Gasteiger partial charge < -0.3 is 5.32 Å². The van der Waals surface area contributed by atoms with E-state index in [1.165, 1.54) is 24.1 Å². The standard InChI is InChI=1S/C16H19BrN2S/c17-14-2-1-3-15(10-14)18-7-8-19(16-4-5-16)11-13-6-9-20-12-13/h1-3,6,9-10,12,16,18H,4-5,7-8,11H2. The van der Waals surface area contributed by atoms with Gasteiger partial charge in [0.1, 0.15) is 0 Å². The van der Waals surface area contributed by atoms with Crippen LogP contribution in [0.2, 0.25) is 0 Å². The van der Waals surface area contributed by atoms with Crippen LogP contribution >= 0.6 is 27.3 Å². The second-order valence-electron chi connectivity index (χ2n) is 5.27. The van der Waals surface area contributed by atoms with Gasteiger partial charge in [-0.1, -0.05) is 22.0 Å². The first-order valence-electron chi connectivity index (χ1n) is 7.06. The first-order chi connectivity index (χ1) is 9.81. The van der Waals surface area contributed by atoms with Crippen molar-refractivity contribution in [2.75, 3.05) is 18.4 Å². The number of nitrogens with zero attached hydrogens (tertiary/aromatic N) is 1. The maximum atomic E-state index is 3.51. The van der Waals surface area contributed by atoms with Gasteiger partial charge in [0, 0.05) is 35.8 Å². The van der Waals surface area contributed by atoms with Crippen molar-refractivity contribution in [1.29, 1.82) is 0 Å². The van der Waals surface area contributed by atoms with Gasteiger partial charge in [0.05, 0.1) is 0 Å². The monoisotopic (exact) mass is 350 g/mol. The summed E-state index contributed by atoms with van der Waals surface area (Å²) >= 11 is 5.30. The van der Waals surface area contributed by atoms with Crippen molar-refractivity contribution < 1.29 is 0 Å². The third-order valence-electron chi connectivity index (χ3n) is 3.58. The molecule has 1 aromatic carbocycles. The zero-order valence-electron chi connectivity index (χ0n) is 11.4. The van der Waals surface area contributed by atoms with E-state index in [0.717, 1.165) is 30.1 Å². The van der Waals surface area contributed by atoms with Crippen molar-refractivity contribution in [2.45, 2.75) is 25.4 Å². The maximum absolute atomic E-state index is 3.51. The normalized spacial score (nSPS) is 14.7. The lowest BCUT2D eigenvalue weighted by Crippen LogP contribution is -2.30. The van der Waals surface area contributed by atoms with Gasteiger partial charge in [-0.25, -0.2) is 0 Å². The molecule has 0 aliphatic heterocycles. The summed E-state index contributed by atoms with van der Waals surface area (Å²) in [5, 5.41) is 7.94. The molecule has 1 fully saturated rings. The van der Waals surface area contributed by atoms with Crippen LogP contribution in [-0.4, -0.2) is 24.0 Å². The predicted molar refractivity (Wildman–Crippen MR) is 90.4 cm³/mol. The number of hydrogen-bond acceptors (Lipinski definition) is 3. The van der Waals surface area contributed by atoms with Gasteiger partial charge in [-0.05, 0) is 53.4 Å². The van der Waals surface area contributed by atoms with Crippen LogP contribution in [0.4, 0.5) is 5.69 Å². The molecule has 2 aromatic rings. The Morgan fingerprint density at radius 2 is 2.20 bits per heavy atom. The number of benzene rings is 1. The fourth-order valence-electron chi connectivity index (χ4n) is 2.39. The Kier molecular flexibility index (Phi) is 4.76. The molecule has 20 heavy (non-hydrogen) atoms. The van der Waals surface area contributed by atoms with E-state index in [1.54, 1.807) is 11.3 Å². The quantitative estimate of drug-likeness (QED) is 0.785. The van der Waals surface area contributed by atoms with Gasteiger partial charge in [-0.2, -0.15) is 11.3 Å². The molecule has 0 spiro atoms. The van der Waals surface area contributed by atoms with Gasteiger partial charge in [0.2, 0.25) is 0 Å². The molecule has 4 heteroatoms. The molecule has 3 rings (SSSR count). The summed E-state index contributed by atoms with van der Waals surface area (Å²) in [5.41, 5.74) is 2.63. The zero-order valence-corrected chi connectivity index (χ0v) is 13.8. The first-order valence-corrected chi connectivity index (χ1v) is 8.79. The molecule has 0 bridgehead atoms. The molecule has 1 aromatic heterocycles. The molecule has 1 saturated carbocycles. The second-order valence-corrected chi connectivity index (χ2v) is 6.97. The lowest BCUT2D eigenvalue weighted by atomic mass is 10.3. The summed E-state index contributed by atoms with van der Waals surface area (Å²) in [7, 11) is 0. The zero-order chi connectivity index (χ0) is 13.8. The summed E-state index contributed by atoms with van der Waals surface area (Å²) in [4.78, 5) is 2.60. The van der Waals surface area contributed by atoms with Crippen molar-refractivity contribution >= 4 is 33.0 Å². The highest BCUT2D eigenvalue weighted by molar-refractivity contribution is 9.10.